The summed E-state index contributed by atoms with van der Waals surface area (Å²) in [5, 5.41) is 0. The minimum atomic E-state index is -3.58. The van der Waals surface area contributed by atoms with Gasteiger partial charge in [-0.1, -0.05) is 0 Å². The number of hydrogen-bond donors (Lipinski definition) is 1. The topological polar surface area (TPSA) is 67.8 Å². The highest BCUT2D eigenvalue weighted by Crippen LogP contribution is 2.51. The summed E-state index contributed by atoms with van der Waals surface area (Å²) in [4.78, 5) is 4.61. The summed E-state index contributed by atoms with van der Waals surface area (Å²) in [5.41, 5.74) is -2.29. The molecule has 1 N–H and O–H groups in total. The van der Waals surface area contributed by atoms with E-state index < -0.39 is 26.0 Å². The summed E-state index contributed by atoms with van der Waals surface area (Å²) in [6, 6.07) is 0.0672. The quantitative estimate of drug-likeness (QED) is 0.803. The summed E-state index contributed by atoms with van der Waals surface area (Å²) < 4.78 is 46.5. The van der Waals surface area contributed by atoms with Crippen LogP contribution in [0.2, 0.25) is 0 Å². The smallest absolute Gasteiger partial charge is 0.299 e. The number of amidine groups is 1. The van der Waals surface area contributed by atoms with Gasteiger partial charge in [0.15, 0.2) is 0 Å². The van der Waals surface area contributed by atoms with Gasteiger partial charge in [0, 0.05) is 0 Å². The Bertz CT molecular complexity index is 600. The number of aliphatic imine (C=N–C) groups is 1. The summed E-state index contributed by atoms with van der Waals surface area (Å²) in [6.45, 7) is 6.80. The molecule has 0 unspecified atom stereocenters. The summed E-state index contributed by atoms with van der Waals surface area (Å²) in [7, 11) is -3.58. The molecule has 3 saturated carbocycles. The maximum atomic E-state index is 14.2. The molecule has 2 bridgehead atoms. The van der Waals surface area contributed by atoms with E-state index in [-0.39, 0.29) is 11.6 Å². The highest BCUT2D eigenvalue weighted by atomic mass is 32.2. The molecule has 4 aliphatic rings. The van der Waals surface area contributed by atoms with Gasteiger partial charge in [0.25, 0.3) is 6.02 Å². The monoisotopic (exact) mass is 332 g/mol. The lowest BCUT2D eigenvalue weighted by molar-refractivity contribution is 0.00309. The highest BCUT2D eigenvalue weighted by Gasteiger charge is 2.55. The number of fused-ring (bicyclic) bond motifs is 3. The second kappa shape index (κ2) is 4.36. The van der Waals surface area contributed by atoms with Gasteiger partial charge in [0.05, 0.1) is 5.54 Å². The predicted octanol–water partition coefficient (Wildman–Crippen LogP) is 2.66. The minimum absolute atomic E-state index is 0.0672. The van der Waals surface area contributed by atoms with Crippen LogP contribution in [0.1, 0.15) is 66.2 Å². The molecule has 0 aromatic heterocycles. The Kier molecular flexibility index (Phi) is 3.18. The van der Waals surface area contributed by atoms with Gasteiger partial charge in [0.2, 0.25) is 10.0 Å². The zero-order chi connectivity index (χ0) is 16.4. The average molecular weight is 332 g/mol. The molecule has 0 spiro atoms. The first-order chi connectivity index (χ1) is 9.91. The van der Waals surface area contributed by atoms with Crippen molar-refractivity contribution in [3.63, 3.8) is 0 Å². The fourth-order valence-electron chi connectivity index (χ4n) is 3.50. The van der Waals surface area contributed by atoms with E-state index in [4.69, 9.17) is 4.74 Å². The minimum Gasteiger partial charge on any atom is -0.457 e. The Morgan fingerprint density at radius 1 is 1.05 bits per heavy atom. The summed E-state index contributed by atoms with van der Waals surface area (Å²) in [6.07, 6.45) is 3.48. The van der Waals surface area contributed by atoms with Crippen molar-refractivity contribution in [3.05, 3.63) is 0 Å². The van der Waals surface area contributed by atoms with Gasteiger partial charge in [-0.2, -0.15) is 0 Å². The Balaban J connectivity index is 1.91. The number of rotatable bonds is 1. The fourth-order valence-corrected chi connectivity index (χ4v) is 4.76. The van der Waals surface area contributed by atoms with Crippen LogP contribution in [0.25, 0.3) is 0 Å². The van der Waals surface area contributed by atoms with Crippen molar-refractivity contribution in [2.75, 3.05) is 0 Å². The molecule has 3 aliphatic carbocycles. The first-order valence-corrected chi connectivity index (χ1v) is 9.39. The van der Waals surface area contributed by atoms with Crippen molar-refractivity contribution in [1.29, 1.82) is 0 Å². The molecule has 22 heavy (non-hydrogen) atoms. The molecule has 1 saturated heterocycles. The van der Waals surface area contributed by atoms with Crippen LogP contribution in [-0.4, -0.2) is 36.0 Å². The second-order valence-corrected chi connectivity index (χ2v) is 10.3. The van der Waals surface area contributed by atoms with E-state index in [0.717, 1.165) is 0 Å². The van der Waals surface area contributed by atoms with E-state index >= 15 is 0 Å². The van der Waals surface area contributed by atoms with Crippen LogP contribution >= 0.6 is 0 Å². The number of halogens is 1. The number of ether oxygens (including phenoxy) is 1. The number of alkyl halides is 1. The van der Waals surface area contributed by atoms with Crippen molar-refractivity contribution in [3.8, 4) is 0 Å². The van der Waals surface area contributed by atoms with Gasteiger partial charge in [-0.05, 0) is 66.2 Å². The lowest BCUT2D eigenvalue weighted by Crippen LogP contribution is -2.64. The molecule has 5 nitrogen and oxygen atoms in total. The molecule has 0 radical (unpaired) electrons. The van der Waals surface area contributed by atoms with Crippen LogP contribution < -0.4 is 4.72 Å². The molecular weight excluding hydrogens is 307 g/mol. The third-order valence-electron chi connectivity index (χ3n) is 6.15. The van der Waals surface area contributed by atoms with Gasteiger partial charge >= 0.3 is 0 Å². The van der Waals surface area contributed by atoms with E-state index in [9.17, 15) is 12.8 Å². The lowest BCUT2D eigenvalue weighted by Gasteiger charge is -2.49. The molecule has 126 valence electrons. The SMILES string of the molecule is CC1(C)OC(=NC23CCC(F)(CC2)CC3)NS(=O)(=O)C1(C)C. The molecule has 0 amide bonds. The van der Waals surface area contributed by atoms with Crippen LogP contribution in [0.15, 0.2) is 4.99 Å². The Hall–Kier alpha value is -0.850. The Morgan fingerprint density at radius 2 is 1.55 bits per heavy atom. The molecule has 7 heteroatoms. The molecule has 0 atom stereocenters. The number of nitrogens with zero attached hydrogens (tertiary/aromatic N) is 1. The van der Waals surface area contributed by atoms with Crippen LogP contribution in [0, 0.1) is 0 Å². The first-order valence-electron chi connectivity index (χ1n) is 7.91. The van der Waals surface area contributed by atoms with Crippen LogP contribution in [0.3, 0.4) is 0 Å². The zero-order valence-corrected chi connectivity index (χ0v) is 14.5. The van der Waals surface area contributed by atoms with E-state index in [2.05, 4.69) is 9.71 Å². The summed E-state index contributed by atoms with van der Waals surface area (Å²) in [5.74, 6) is 0. The molecule has 1 heterocycles. The first kappa shape index (κ1) is 16.0. The van der Waals surface area contributed by atoms with E-state index in [1.165, 1.54) is 0 Å². The van der Waals surface area contributed by atoms with Gasteiger partial charge < -0.3 is 4.74 Å². The van der Waals surface area contributed by atoms with Crippen molar-refractivity contribution in [2.24, 2.45) is 4.99 Å². The predicted molar refractivity (Wildman–Crippen MR) is 83.0 cm³/mol. The van der Waals surface area contributed by atoms with Gasteiger partial charge in [-0.25, -0.2) is 22.5 Å². The van der Waals surface area contributed by atoms with E-state index in [0.29, 0.717) is 38.5 Å². The third kappa shape index (κ3) is 2.23. The maximum Gasteiger partial charge on any atom is 0.299 e. The van der Waals surface area contributed by atoms with Gasteiger partial charge in [-0.15, -0.1) is 0 Å². The van der Waals surface area contributed by atoms with Crippen molar-refractivity contribution in [2.45, 2.75) is 87.8 Å². The third-order valence-corrected chi connectivity index (χ3v) is 8.43. The highest BCUT2D eigenvalue weighted by molar-refractivity contribution is 7.91. The van der Waals surface area contributed by atoms with E-state index in [1.807, 2.05) is 0 Å². The van der Waals surface area contributed by atoms with Crippen LogP contribution in [0.5, 0.6) is 0 Å². The molecular formula is C15H25FN2O3S. The normalized spacial score (nSPS) is 43.4. The number of nitrogens with one attached hydrogen (secondary N) is 1. The van der Waals surface area contributed by atoms with Gasteiger partial charge in [-0.3, -0.25) is 0 Å². The molecule has 4 rings (SSSR count). The van der Waals surface area contributed by atoms with Gasteiger partial charge in [0.1, 0.15) is 16.0 Å². The number of sulfonamides is 1. The second-order valence-electron chi connectivity index (χ2n) is 8.02. The van der Waals surface area contributed by atoms with Crippen molar-refractivity contribution < 1.29 is 17.5 Å². The molecule has 0 aromatic carbocycles. The fraction of sp³-hybridized carbons (Fsp3) is 0.933. The average Bonchev–Trinajstić information content (AvgIpc) is 2.38. The molecule has 4 fully saturated rings. The van der Waals surface area contributed by atoms with Crippen LogP contribution in [0.4, 0.5) is 4.39 Å². The largest absolute Gasteiger partial charge is 0.457 e. The van der Waals surface area contributed by atoms with E-state index in [1.54, 1.807) is 27.7 Å². The molecule has 0 aromatic rings. The molecule has 1 aliphatic heterocycles. The van der Waals surface area contributed by atoms with Crippen LogP contribution in [-0.2, 0) is 14.8 Å². The zero-order valence-electron chi connectivity index (χ0n) is 13.7. The number of hydrogen-bond acceptors (Lipinski definition) is 4. The van der Waals surface area contributed by atoms with Crippen molar-refractivity contribution in [1.82, 2.24) is 4.72 Å². The maximum absolute atomic E-state index is 14.2. The Morgan fingerprint density at radius 3 is 2.00 bits per heavy atom. The standard InChI is InChI=1S/C15H25FN2O3S/c1-12(2)13(3,4)22(19,20)18-11(21-12)17-15-8-5-14(16,6-9-15)7-10-15/h5-10H2,1-4H3,(H,17,18). The van der Waals surface area contributed by atoms with Crippen molar-refractivity contribution >= 4 is 16.0 Å². The Labute approximate surface area is 131 Å². The lowest BCUT2D eigenvalue weighted by atomic mass is 9.64. The summed E-state index contributed by atoms with van der Waals surface area (Å²) >= 11 is 0.